The van der Waals surface area contributed by atoms with E-state index in [2.05, 4.69) is 5.32 Å². The summed E-state index contributed by atoms with van der Waals surface area (Å²) in [7, 11) is 0. The lowest BCUT2D eigenvalue weighted by Crippen LogP contribution is -1.98. The molecule has 0 aliphatic rings. The van der Waals surface area contributed by atoms with E-state index in [9.17, 15) is 4.39 Å². The molecule has 0 bridgehead atoms. The minimum atomic E-state index is -0.199. The first kappa shape index (κ1) is 11.8. The molecule has 3 heteroatoms. The Morgan fingerprint density at radius 1 is 1.11 bits per heavy atom. The molecule has 3 rings (SSSR count). The fourth-order valence-corrected chi connectivity index (χ4v) is 2.02. The van der Waals surface area contributed by atoms with Gasteiger partial charge in [-0.15, -0.1) is 0 Å². The Labute approximate surface area is 110 Å². The zero-order valence-corrected chi connectivity index (χ0v) is 10.6. The van der Waals surface area contributed by atoms with Crippen LogP contribution in [0.15, 0.2) is 52.9 Å². The molecule has 0 atom stereocenters. The van der Waals surface area contributed by atoms with Crippen molar-refractivity contribution < 1.29 is 8.81 Å². The Bertz CT molecular complexity index is 685. The van der Waals surface area contributed by atoms with Crippen molar-refractivity contribution >= 4 is 16.7 Å². The molecule has 0 unspecified atom stereocenters. The predicted octanol–water partition coefficient (Wildman–Crippen LogP) is 4.49. The molecule has 0 spiro atoms. The van der Waals surface area contributed by atoms with E-state index in [0.717, 1.165) is 22.4 Å². The van der Waals surface area contributed by atoms with E-state index in [1.807, 2.05) is 36.4 Å². The number of fused-ring (bicyclic) bond motifs is 1. The molecule has 96 valence electrons. The van der Waals surface area contributed by atoms with E-state index >= 15 is 0 Å². The molecule has 2 aromatic carbocycles. The third-order valence-corrected chi connectivity index (χ3v) is 3.12. The second-order valence-corrected chi connectivity index (χ2v) is 4.57. The molecular weight excluding hydrogens is 241 g/mol. The molecule has 0 fully saturated rings. The van der Waals surface area contributed by atoms with Gasteiger partial charge in [0.05, 0.1) is 6.54 Å². The molecule has 0 radical (unpaired) electrons. The van der Waals surface area contributed by atoms with Gasteiger partial charge in [0.2, 0.25) is 0 Å². The van der Waals surface area contributed by atoms with Crippen LogP contribution >= 0.6 is 0 Å². The molecule has 1 heterocycles. The lowest BCUT2D eigenvalue weighted by Gasteiger charge is -2.05. The summed E-state index contributed by atoms with van der Waals surface area (Å²) in [6.45, 7) is 2.29. The van der Waals surface area contributed by atoms with Crippen LogP contribution in [0.2, 0.25) is 0 Å². The van der Waals surface area contributed by atoms with Crippen LogP contribution in [-0.4, -0.2) is 0 Å². The molecule has 0 aliphatic carbocycles. The predicted molar refractivity (Wildman–Crippen MR) is 74.7 cm³/mol. The Morgan fingerprint density at radius 3 is 2.74 bits per heavy atom. The maximum atomic E-state index is 13.4. The van der Waals surface area contributed by atoms with E-state index in [1.165, 1.54) is 6.07 Å². The topological polar surface area (TPSA) is 25.2 Å². The maximum absolute atomic E-state index is 13.4. The van der Waals surface area contributed by atoms with Crippen LogP contribution in [0, 0.1) is 12.7 Å². The minimum absolute atomic E-state index is 0.199. The third-order valence-electron chi connectivity index (χ3n) is 3.12. The SMILES string of the molecule is Cc1ccc(NCc2cc3ccccc3o2)cc1F. The number of rotatable bonds is 3. The number of hydrogen-bond acceptors (Lipinski definition) is 2. The second kappa shape index (κ2) is 4.76. The standard InChI is InChI=1S/C16H14FNO/c1-11-6-7-13(9-15(11)17)18-10-14-8-12-4-2-3-5-16(12)19-14/h2-9,18H,10H2,1H3. The highest BCUT2D eigenvalue weighted by atomic mass is 19.1. The summed E-state index contributed by atoms with van der Waals surface area (Å²) in [5, 5.41) is 4.23. The molecular formula is C16H14FNO. The van der Waals surface area contributed by atoms with Gasteiger partial charge in [-0.25, -0.2) is 4.39 Å². The fourth-order valence-electron chi connectivity index (χ4n) is 2.02. The minimum Gasteiger partial charge on any atom is -0.459 e. The molecule has 2 nitrogen and oxygen atoms in total. The van der Waals surface area contributed by atoms with Crippen molar-refractivity contribution in [2.45, 2.75) is 13.5 Å². The summed E-state index contributed by atoms with van der Waals surface area (Å²) < 4.78 is 19.1. The zero-order chi connectivity index (χ0) is 13.2. The average molecular weight is 255 g/mol. The first-order valence-electron chi connectivity index (χ1n) is 6.20. The van der Waals surface area contributed by atoms with Crippen molar-refractivity contribution in [3.05, 3.63) is 65.7 Å². The van der Waals surface area contributed by atoms with Crippen LogP contribution < -0.4 is 5.32 Å². The summed E-state index contributed by atoms with van der Waals surface area (Å²) in [5.74, 6) is 0.636. The van der Waals surface area contributed by atoms with Gasteiger partial charge in [-0.1, -0.05) is 24.3 Å². The summed E-state index contributed by atoms with van der Waals surface area (Å²) in [6, 6.07) is 15.0. The number of hydrogen-bond donors (Lipinski definition) is 1. The van der Waals surface area contributed by atoms with Crippen LogP contribution in [-0.2, 0) is 6.54 Å². The lowest BCUT2D eigenvalue weighted by atomic mass is 10.2. The van der Waals surface area contributed by atoms with Gasteiger partial charge in [0.25, 0.3) is 0 Å². The first-order valence-corrected chi connectivity index (χ1v) is 6.20. The van der Waals surface area contributed by atoms with Gasteiger partial charge in [0.15, 0.2) is 0 Å². The Hall–Kier alpha value is -2.29. The van der Waals surface area contributed by atoms with Gasteiger partial charge in [-0.2, -0.15) is 0 Å². The molecule has 0 aliphatic heterocycles. The number of anilines is 1. The van der Waals surface area contributed by atoms with Crippen LogP contribution in [0.4, 0.5) is 10.1 Å². The van der Waals surface area contributed by atoms with Crippen molar-refractivity contribution in [1.29, 1.82) is 0 Å². The summed E-state index contributed by atoms with van der Waals surface area (Å²) >= 11 is 0. The smallest absolute Gasteiger partial charge is 0.134 e. The fraction of sp³-hybridized carbons (Fsp3) is 0.125. The molecule has 3 aromatic rings. The van der Waals surface area contributed by atoms with Gasteiger partial charge in [0, 0.05) is 11.1 Å². The van der Waals surface area contributed by atoms with Gasteiger partial charge in [-0.3, -0.25) is 0 Å². The summed E-state index contributed by atoms with van der Waals surface area (Å²) in [5.41, 5.74) is 2.27. The van der Waals surface area contributed by atoms with Gasteiger partial charge in [-0.05, 0) is 36.8 Å². The summed E-state index contributed by atoms with van der Waals surface area (Å²) in [4.78, 5) is 0. The maximum Gasteiger partial charge on any atom is 0.134 e. The number of nitrogens with one attached hydrogen (secondary N) is 1. The van der Waals surface area contributed by atoms with Crippen molar-refractivity contribution in [3.63, 3.8) is 0 Å². The van der Waals surface area contributed by atoms with Crippen LogP contribution in [0.25, 0.3) is 11.0 Å². The van der Waals surface area contributed by atoms with Gasteiger partial charge < -0.3 is 9.73 Å². The molecule has 0 saturated heterocycles. The van der Waals surface area contributed by atoms with Gasteiger partial charge >= 0.3 is 0 Å². The van der Waals surface area contributed by atoms with Crippen molar-refractivity contribution in [1.82, 2.24) is 0 Å². The molecule has 1 N–H and O–H groups in total. The first-order chi connectivity index (χ1) is 9.22. The van der Waals surface area contributed by atoms with Crippen LogP contribution in [0.1, 0.15) is 11.3 Å². The van der Waals surface area contributed by atoms with Crippen molar-refractivity contribution in [2.75, 3.05) is 5.32 Å². The highest BCUT2D eigenvalue weighted by Crippen LogP contribution is 2.20. The summed E-state index contributed by atoms with van der Waals surface area (Å²) in [6.07, 6.45) is 0. The molecule has 0 amide bonds. The van der Waals surface area contributed by atoms with E-state index < -0.39 is 0 Å². The molecule has 0 saturated carbocycles. The Balaban J connectivity index is 1.76. The van der Waals surface area contributed by atoms with Crippen molar-refractivity contribution in [2.24, 2.45) is 0 Å². The number of halogens is 1. The van der Waals surface area contributed by atoms with Crippen LogP contribution in [0.5, 0.6) is 0 Å². The van der Waals surface area contributed by atoms with E-state index in [1.54, 1.807) is 13.0 Å². The monoisotopic (exact) mass is 255 g/mol. The second-order valence-electron chi connectivity index (χ2n) is 4.57. The number of aryl methyl sites for hydroxylation is 1. The van der Waals surface area contributed by atoms with E-state index in [4.69, 9.17) is 4.42 Å². The van der Waals surface area contributed by atoms with E-state index in [0.29, 0.717) is 12.1 Å². The number of para-hydroxylation sites is 1. The zero-order valence-electron chi connectivity index (χ0n) is 10.6. The Kier molecular flexibility index (Phi) is 2.95. The van der Waals surface area contributed by atoms with Crippen LogP contribution in [0.3, 0.4) is 0 Å². The Morgan fingerprint density at radius 2 is 1.95 bits per heavy atom. The highest BCUT2D eigenvalue weighted by Gasteiger charge is 2.03. The number of benzene rings is 2. The normalized spacial score (nSPS) is 10.8. The largest absolute Gasteiger partial charge is 0.459 e. The molecule has 19 heavy (non-hydrogen) atoms. The van der Waals surface area contributed by atoms with Gasteiger partial charge in [0.1, 0.15) is 17.2 Å². The number of furan rings is 1. The highest BCUT2D eigenvalue weighted by molar-refractivity contribution is 5.77. The average Bonchev–Trinajstić information content (AvgIpc) is 2.83. The molecule has 1 aromatic heterocycles. The van der Waals surface area contributed by atoms with Crippen molar-refractivity contribution in [3.8, 4) is 0 Å². The quantitative estimate of drug-likeness (QED) is 0.745. The van der Waals surface area contributed by atoms with E-state index in [-0.39, 0.29) is 5.82 Å². The third kappa shape index (κ3) is 2.45. The lowest BCUT2D eigenvalue weighted by molar-refractivity contribution is 0.559.